The quantitative estimate of drug-likeness (QED) is 0.270. The Kier molecular flexibility index (Phi) is 4.01. The minimum atomic E-state index is -0.783. The van der Waals surface area contributed by atoms with Gasteiger partial charge in [-0.1, -0.05) is 98.1 Å². The van der Waals surface area contributed by atoms with Crippen molar-refractivity contribution in [2.45, 2.75) is 15.6 Å². The van der Waals surface area contributed by atoms with Gasteiger partial charge in [-0.15, -0.1) is 0 Å². The second-order valence-corrected chi connectivity index (χ2v) is 11.3. The Bertz CT molecular complexity index is 1200. The molecule has 3 aromatic carbocycles. The highest BCUT2D eigenvalue weighted by atomic mass is 79.9. The summed E-state index contributed by atoms with van der Waals surface area (Å²) in [6.07, 6.45) is 0. The molecular formula is C25H16Br2ClNO2. The first-order valence-electron chi connectivity index (χ1n) is 10.0. The first kappa shape index (κ1) is 19.7. The molecule has 3 nitrogen and oxygen atoms in total. The Balaban J connectivity index is 1.67. The van der Waals surface area contributed by atoms with Crippen LogP contribution >= 0.6 is 43.5 Å². The number of amides is 2. The van der Waals surface area contributed by atoms with Crippen molar-refractivity contribution in [2.24, 2.45) is 11.8 Å². The highest BCUT2D eigenvalue weighted by Gasteiger charge is 2.72. The van der Waals surface area contributed by atoms with E-state index in [0.717, 1.165) is 27.8 Å². The van der Waals surface area contributed by atoms with Gasteiger partial charge in [0.05, 0.1) is 26.2 Å². The third-order valence-electron chi connectivity index (χ3n) is 7.07. The van der Waals surface area contributed by atoms with Crippen molar-refractivity contribution in [2.75, 3.05) is 4.90 Å². The van der Waals surface area contributed by atoms with E-state index in [1.165, 1.54) is 4.90 Å². The normalized spacial score (nSPS) is 30.3. The Morgan fingerprint density at radius 3 is 1.58 bits per heavy atom. The standard InChI is InChI=1S/C25H16Br2ClNO2/c1-13-18(28)11-6-12-19(13)29-22(30)20-21(23(29)31)25(27)15-8-3-2-7-14(15)24(20,26)16-9-4-5-10-17(16)25/h2-12,20-21H,1H3/t20-,21-,24?,25?/m0/s1. The van der Waals surface area contributed by atoms with Gasteiger partial charge in [0.25, 0.3) is 0 Å². The molecular weight excluding hydrogens is 542 g/mol. The van der Waals surface area contributed by atoms with Crippen LogP contribution in [0.1, 0.15) is 27.8 Å². The lowest BCUT2D eigenvalue weighted by molar-refractivity contribution is -0.122. The summed E-state index contributed by atoms with van der Waals surface area (Å²) in [6.45, 7) is 1.84. The summed E-state index contributed by atoms with van der Waals surface area (Å²) in [5.74, 6) is -1.57. The minimum Gasteiger partial charge on any atom is -0.274 e. The van der Waals surface area contributed by atoms with Gasteiger partial charge in [-0.25, -0.2) is 4.90 Å². The Morgan fingerprint density at radius 1 is 0.742 bits per heavy atom. The summed E-state index contributed by atoms with van der Waals surface area (Å²) in [5, 5.41) is 0.532. The fourth-order valence-corrected chi connectivity index (χ4v) is 8.22. The fraction of sp³-hybridized carbons (Fsp3) is 0.200. The van der Waals surface area contributed by atoms with E-state index >= 15 is 0 Å². The van der Waals surface area contributed by atoms with Crippen molar-refractivity contribution in [3.05, 3.63) is 99.6 Å². The molecule has 0 saturated carbocycles. The van der Waals surface area contributed by atoms with Gasteiger partial charge < -0.3 is 0 Å². The zero-order chi connectivity index (χ0) is 21.7. The number of rotatable bonds is 1. The molecule has 3 aliphatic carbocycles. The maximum absolute atomic E-state index is 14.0. The molecule has 1 heterocycles. The average molecular weight is 558 g/mol. The maximum atomic E-state index is 14.0. The second-order valence-electron chi connectivity index (χ2n) is 8.37. The minimum absolute atomic E-state index is 0.204. The summed E-state index contributed by atoms with van der Waals surface area (Å²) in [4.78, 5) is 29.3. The zero-order valence-electron chi connectivity index (χ0n) is 16.4. The number of alkyl halides is 2. The number of halogens is 3. The summed E-state index contributed by atoms with van der Waals surface area (Å²) in [5.41, 5.74) is 5.38. The lowest BCUT2D eigenvalue weighted by atomic mass is 9.54. The number of nitrogens with zero attached hydrogens (tertiary/aromatic N) is 1. The maximum Gasteiger partial charge on any atom is 0.239 e. The number of benzene rings is 3. The first-order valence-corrected chi connectivity index (χ1v) is 12.0. The second kappa shape index (κ2) is 6.31. The smallest absolute Gasteiger partial charge is 0.239 e. The largest absolute Gasteiger partial charge is 0.274 e. The van der Waals surface area contributed by atoms with Crippen LogP contribution in [0.3, 0.4) is 0 Å². The molecule has 1 fully saturated rings. The van der Waals surface area contributed by atoms with Crippen molar-refractivity contribution < 1.29 is 9.59 Å². The van der Waals surface area contributed by atoms with Crippen LogP contribution < -0.4 is 4.90 Å². The van der Waals surface area contributed by atoms with Crippen molar-refractivity contribution in [3.8, 4) is 0 Å². The van der Waals surface area contributed by atoms with Crippen molar-refractivity contribution in [1.29, 1.82) is 0 Å². The van der Waals surface area contributed by atoms with Crippen molar-refractivity contribution >= 4 is 61.0 Å². The Hall–Kier alpha value is -1.95. The summed E-state index contributed by atoms with van der Waals surface area (Å²) in [6, 6.07) is 21.5. The van der Waals surface area contributed by atoms with Gasteiger partial charge in [-0.05, 0) is 46.9 Å². The van der Waals surface area contributed by atoms with E-state index in [-0.39, 0.29) is 11.8 Å². The zero-order valence-corrected chi connectivity index (χ0v) is 20.3. The van der Waals surface area contributed by atoms with E-state index < -0.39 is 20.5 Å². The van der Waals surface area contributed by atoms with E-state index in [2.05, 4.69) is 56.1 Å². The summed E-state index contributed by atoms with van der Waals surface area (Å²) < 4.78 is -1.57. The molecule has 31 heavy (non-hydrogen) atoms. The number of imide groups is 1. The predicted octanol–water partition coefficient (Wildman–Crippen LogP) is 6.06. The Labute approximate surface area is 201 Å². The molecule has 1 saturated heterocycles. The molecule has 6 heteroatoms. The van der Waals surface area contributed by atoms with Gasteiger partial charge >= 0.3 is 0 Å². The van der Waals surface area contributed by atoms with Gasteiger partial charge in [0, 0.05) is 5.02 Å². The monoisotopic (exact) mass is 555 g/mol. The summed E-state index contributed by atoms with van der Waals surface area (Å²) in [7, 11) is 0. The van der Waals surface area contributed by atoms with Crippen molar-refractivity contribution in [1.82, 2.24) is 0 Å². The topological polar surface area (TPSA) is 37.4 Å². The molecule has 0 aromatic heterocycles. The third kappa shape index (κ3) is 2.15. The van der Waals surface area contributed by atoms with Crippen LogP contribution in [-0.2, 0) is 18.2 Å². The number of carbonyl (C=O) groups excluding carboxylic acids is 2. The number of hydrogen-bond acceptors (Lipinski definition) is 2. The van der Waals surface area contributed by atoms with E-state index in [1.807, 2.05) is 31.2 Å². The van der Waals surface area contributed by atoms with E-state index in [9.17, 15) is 9.59 Å². The van der Waals surface area contributed by atoms with Gasteiger partial charge in [0.1, 0.15) is 0 Å². The molecule has 2 atom stereocenters. The van der Waals surface area contributed by atoms with Crippen LogP contribution in [0.5, 0.6) is 0 Å². The Morgan fingerprint density at radius 2 is 1.16 bits per heavy atom. The molecule has 0 unspecified atom stereocenters. The predicted molar refractivity (Wildman–Crippen MR) is 128 cm³/mol. The molecule has 3 aromatic rings. The molecule has 1 aliphatic heterocycles. The van der Waals surface area contributed by atoms with Crippen LogP contribution in [0.4, 0.5) is 5.69 Å². The highest BCUT2D eigenvalue weighted by Crippen LogP contribution is 2.70. The SMILES string of the molecule is Cc1c(Cl)cccc1N1C(=O)[C@@H]2[C@@H](C1=O)C1(Br)c3ccccc3C2(Br)c2ccccc21. The molecule has 7 rings (SSSR count). The van der Waals surface area contributed by atoms with Gasteiger partial charge in [0.2, 0.25) is 11.8 Å². The summed E-state index contributed by atoms with van der Waals surface area (Å²) >= 11 is 14.4. The lowest BCUT2D eigenvalue weighted by Gasteiger charge is -2.55. The number of hydrogen-bond donors (Lipinski definition) is 0. The molecule has 2 amide bonds. The molecule has 2 bridgehead atoms. The molecule has 4 aliphatic rings. The number of anilines is 1. The first-order chi connectivity index (χ1) is 14.8. The average Bonchev–Trinajstić information content (AvgIpc) is 3.05. The number of carbonyl (C=O) groups is 2. The van der Waals surface area contributed by atoms with Crippen LogP contribution in [-0.4, -0.2) is 11.8 Å². The molecule has 0 spiro atoms. The van der Waals surface area contributed by atoms with Crippen LogP contribution in [0.25, 0.3) is 0 Å². The fourth-order valence-electron chi connectivity index (χ4n) is 5.74. The van der Waals surface area contributed by atoms with E-state index in [1.54, 1.807) is 18.2 Å². The van der Waals surface area contributed by atoms with Gasteiger partial charge in [-0.3, -0.25) is 9.59 Å². The van der Waals surface area contributed by atoms with Crippen LogP contribution in [0.2, 0.25) is 5.02 Å². The highest BCUT2D eigenvalue weighted by molar-refractivity contribution is 9.10. The molecule has 154 valence electrons. The van der Waals surface area contributed by atoms with Crippen LogP contribution in [0.15, 0.2) is 66.7 Å². The lowest BCUT2D eigenvalue weighted by Crippen LogP contribution is -2.56. The third-order valence-corrected chi connectivity index (χ3v) is 10.2. The van der Waals surface area contributed by atoms with Crippen LogP contribution in [0, 0.1) is 18.8 Å². The van der Waals surface area contributed by atoms with E-state index in [4.69, 9.17) is 11.6 Å². The van der Waals surface area contributed by atoms with Gasteiger partial charge in [-0.2, -0.15) is 0 Å². The van der Waals surface area contributed by atoms with Crippen molar-refractivity contribution in [3.63, 3.8) is 0 Å². The van der Waals surface area contributed by atoms with Gasteiger partial charge in [0.15, 0.2) is 0 Å². The van der Waals surface area contributed by atoms with E-state index in [0.29, 0.717) is 10.7 Å². The molecule has 0 N–H and O–H groups in total. The molecule has 0 radical (unpaired) electrons.